The van der Waals surface area contributed by atoms with Crippen LogP contribution in [0.5, 0.6) is 5.75 Å². The van der Waals surface area contributed by atoms with E-state index < -0.39 is 72.0 Å². The molecule has 50 heteroatoms. The third-order valence-electron chi connectivity index (χ3n) is 21.6. The number of carboxylic acid groups (broad SMARTS) is 9. The SMILES string of the molecule is CCCCCCCOCCOCCNC(=O)CCCC.CCOc1c(-c2cn(CC(O)CN3CCN(CC(=O)O)CCN(CC(=O)O)CCN(CC(=O)O)CC3)nn2)cc(-c2cn(CC(O)CN3CCN(CC(=O)O)CCN(CC(=O)O)CCN(CC(=O)O)CC3)nn2)cc1-c1cn(CC(O)CN2CCN(CC(=O)O)CCN(CC(=O)O)CCN(CC(=O)O)CC2)nn1.[Gd].[Gd].[Gd]. The number of benzene rings is 1. The molecule has 0 radical (unpaired) electrons. The predicted octanol–water partition coefficient (Wildman–Crippen LogP) is -3.33. The molecule has 47 nitrogen and oxygen atoms in total. The van der Waals surface area contributed by atoms with Crippen LogP contribution in [-0.2, 0) is 77.1 Å². The first-order valence-corrected chi connectivity index (χ1v) is 43.9. The van der Waals surface area contributed by atoms with E-state index in [1.807, 2.05) is 14.7 Å². The first-order chi connectivity index (χ1) is 61.3. The van der Waals surface area contributed by atoms with Gasteiger partial charge in [-0.15, -0.1) is 15.3 Å². The van der Waals surface area contributed by atoms with Crippen LogP contribution >= 0.6 is 0 Å². The number of carbonyl (C=O) groups is 10. The van der Waals surface area contributed by atoms with Gasteiger partial charge in [0, 0.05) is 333 Å². The molecule has 744 valence electrons. The van der Waals surface area contributed by atoms with E-state index in [2.05, 4.69) is 50.1 Å². The predicted molar refractivity (Wildman–Crippen MR) is 462 cm³/mol. The molecule has 1 aromatic carbocycles. The zero-order chi connectivity index (χ0) is 93.3. The fourth-order valence-corrected chi connectivity index (χ4v) is 15.0. The largest absolute Gasteiger partial charge is 0.492 e. The quantitative estimate of drug-likeness (QED) is 0.0192. The van der Waals surface area contributed by atoms with Crippen molar-refractivity contribution in [3.63, 3.8) is 0 Å². The second-order valence-electron chi connectivity index (χ2n) is 32.3. The minimum Gasteiger partial charge on any atom is -0.492 e. The molecular weight excluding hydrogens is 2150 g/mol. The summed E-state index contributed by atoms with van der Waals surface area (Å²) in [5.41, 5.74) is 1.92. The number of carbonyl (C=O) groups excluding carboxylic acids is 1. The summed E-state index contributed by atoms with van der Waals surface area (Å²) in [7, 11) is 0. The molecule has 0 aliphatic carbocycles. The monoisotopic (exact) mass is 2290 g/mol. The van der Waals surface area contributed by atoms with Crippen molar-refractivity contribution in [1.82, 2.24) is 109 Å². The third kappa shape index (κ3) is 51.4. The summed E-state index contributed by atoms with van der Waals surface area (Å²) in [6.45, 7) is 11.4. The molecule has 3 aliphatic rings. The number of ether oxygens (including phenoxy) is 3. The summed E-state index contributed by atoms with van der Waals surface area (Å²) in [4.78, 5) is 139. The molecule has 3 aromatic heterocycles. The number of β-amino-alcohol motifs (C(OH)–C–C–N with tert-alkyl or cyclic N) is 3. The Hall–Kier alpha value is -5.57. The Morgan fingerprint density at radius 1 is 0.328 bits per heavy atom. The van der Waals surface area contributed by atoms with Crippen LogP contribution < -0.4 is 10.1 Å². The molecule has 0 saturated carbocycles. The van der Waals surface area contributed by atoms with Crippen LogP contribution in [0, 0.1) is 120 Å². The normalized spacial score (nSPS) is 17.4. The summed E-state index contributed by atoms with van der Waals surface area (Å²) in [5.74, 6) is -9.42. The minimum absolute atomic E-state index is 0. The molecule has 0 spiro atoms. The molecule has 3 aliphatic heterocycles. The average Bonchev–Trinajstić information content (AvgIpc) is 1.67. The Kier molecular flexibility index (Phi) is 61.7. The van der Waals surface area contributed by atoms with E-state index in [4.69, 9.17) is 14.2 Å². The molecular formula is C81H136Gd3N22O25. The number of hydrogen-bond acceptors (Lipinski definition) is 34. The Morgan fingerprint density at radius 2 is 0.580 bits per heavy atom. The van der Waals surface area contributed by atoms with Gasteiger partial charge >= 0.3 is 53.7 Å². The van der Waals surface area contributed by atoms with Gasteiger partial charge in [0.05, 0.1) is 142 Å². The van der Waals surface area contributed by atoms with Crippen molar-refractivity contribution in [2.45, 2.75) is 110 Å². The maximum Gasteiger partial charge on any atom is 0.317 e. The number of aliphatic carboxylic acids is 9. The number of hydrogen-bond donors (Lipinski definition) is 13. The van der Waals surface area contributed by atoms with Crippen LogP contribution in [0.2, 0.25) is 0 Å². The number of amides is 1. The number of unbranched alkanes of at least 4 members (excludes halogenated alkanes) is 5. The number of aromatic nitrogens is 9. The number of nitrogens with one attached hydrogen (secondary N) is 1. The summed E-state index contributed by atoms with van der Waals surface area (Å²) in [6, 6.07) is 3.45. The summed E-state index contributed by atoms with van der Waals surface area (Å²) in [5, 5.41) is 153. The Morgan fingerprint density at radius 3 is 0.847 bits per heavy atom. The van der Waals surface area contributed by atoms with Crippen LogP contribution in [0.4, 0.5) is 0 Å². The van der Waals surface area contributed by atoms with E-state index >= 15 is 0 Å². The Balaban J connectivity index is 0.00000170. The van der Waals surface area contributed by atoms with Gasteiger partial charge < -0.3 is 80.8 Å². The van der Waals surface area contributed by atoms with Gasteiger partial charge in [0.25, 0.3) is 0 Å². The first kappa shape index (κ1) is 120. The van der Waals surface area contributed by atoms with E-state index in [0.29, 0.717) is 49.5 Å². The van der Waals surface area contributed by atoms with Crippen LogP contribution in [0.25, 0.3) is 33.8 Å². The summed E-state index contributed by atoms with van der Waals surface area (Å²) >= 11 is 0. The second-order valence-corrected chi connectivity index (χ2v) is 32.3. The zero-order valence-corrected chi connectivity index (χ0v) is 82.0. The molecule has 4 aromatic rings. The van der Waals surface area contributed by atoms with Crippen molar-refractivity contribution in [2.75, 3.05) is 275 Å². The van der Waals surface area contributed by atoms with Crippen molar-refractivity contribution in [2.24, 2.45) is 0 Å². The van der Waals surface area contributed by atoms with Crippen LogP contribution in [0.15, 0.2) is 30.7 Å². The molecule has 3 atom stereocenters. The summed E-state index contributed by atoms with van der Waals surface area (Å²) in [6.07, 6.45) is 10.3. The number of carboxylic acids is 9. The molecule has 13 N–H and O–H groups in total. The molecule has 3 saturated heterocycles. The van der Waals surface area contributed by atoms with Crippen LogP contribution in [0.1, 0.15) is 72.1 Å². The van der Waals surface area contributed by atoms with Crippen molar-refractivity contribution in [3.8, 4) is 39.5 Å². The van der Waals surface area contributed by atoms with Crippen LogP contribution in [0.3, 0.4) is 0 Å². The number of aliphatic hydroxyl groups is 3. The summed E-state index contributed by atoms with van der Waals surface area (Å²) < 4.78 is 21.6. The van der Waals surface area contributed by atoms with E-state index in [1.165, 1.54) is 39.7 Å². The molecule has 6 heterocycles. The maximum atomic E-state index is 12.0. The van der Waals surface area contributed by atoms with Crippen LogP contribution in [-0.4, -0.2) is 518 Å². The van der Waals surface area contributed by atoms with Gasteiger partial charge in [0.2, 0.25) is 5.91 Å². The van der Waals surface area contributed by atoms with Crippen molar-refractivity contribution in [1.29, 1.82) is 0 Å². The Bertz CT molecular complexity index is 3770. The number of rotatable bonds is 50. The fraction of sp³-hybridized carbons (Fsp3) is 0.728. The van der Waals surface area contributed by atoms with Gasteiger partial charge in [0.15, 0.2) is 0 Å². The maximum absolute atomic E-state index is 12.0. The van der Waals surface area contributed by atoms with Crippen molar-refractivity contribution < 1.29 is 243 Å². The molecule has 0 bridgehead atoms. The molecule has 131 heavy (non-hydrogen) atoms. The van der Waals surface area contributed by atoms with Gasteiger partial charge in [-0.2, -0.15) is 0 Å². The van der Waals surface area contributed by atoms with Crippen molar-refractivity contribution in [3.05, 3.63) is 30.7 Å². The third-order valence-corrected chi connectivity index (χ3v) is 21.6. The average molecular weight is 2290 g/mol. The molecule has 1 amide bonds. The van der Waals surface area contributed by atoms with Gasteiger partial charge in [-0.05, 0) is 31.9 Å². The second kappa shape index (κ2) is 67.6. The van der Waals surface area contributed by atoms with E-state index in [1.54, 1.807) is 81.7 Å². The standard InChI is InChI=1S/C65H103N21O22.C16H33NO3.3Gd/c1-2-108-65-51(54-36-85(70-67-54)33-49(88)30-73-5-11-77(40-58(94)95)17-23-82(45-63(104)105)24-18-78(12-6-73)41-59(96)97)27-47(53-35-84(69-66-53)32-48(87)29-72-3-9-75(38-56(90)91)15-21-81(44-62(102)103)22-16-76(10-4-72)39-57(92)93)28-52(65)55-37-86(71-68-55)34-50(89)31-74-7-13-79(42-60(98)99)19-25-83(46-64(106)107)26-20-80(14-8-74)43-61(100)101;1-3-5-7-8-9-12-19-14-15-20-13-11-17-16(18)10-6-4-2;;;/h27-28,35-37,48-50,87-89H,2-26,29-34,38-46H2,1H3,(H,90,91)(H,92,93)(H,94,95)(H,96,97)(H,98,99)(H,100,101)(H,102,103)(H,104,105)(H,106,107);3-15H2,1-2H3,(H,17,18);;;. The van der Waals surface area contributed by atoms with Gasteiger partial charge in [0.1, 0.15) is 22.8 Å². The smallest absolute Gasteiger partial charge is 0.317 e. The van der Waals surface area contributed by atoms with Gasteiger partial charge in [-0.1, -0.05) is 61.6 Å². The Labute approximate surface area is 859 Å². The fourth-order valence-electron chi connectivity index (χ4n) is 15.0. The number of nitrogens with zero attached hydrogens (tertiary/aromatic N) is 21. The molecule has 3 fully saturated rings. The first-order valence-electron chi connectivity index (χ1n) is 43.9. The topological polar surface area (TPSA) is 584 Å². The van der Waals surface area contributed by atoms with E-state index in [9.17, 15) is 109 Å². The van der Waals surface area contributed by atoms with E-state index in [-0.39, 0.29) is 410 Å². The van der Waals surface area contributed by atoms with Gasteiger partial charge in [-0.25, -0.2) is 14.0 Å². The molecule has 3 unspecified atom stereocenters. The minimum atomic E-state index is -1.13. The number of aliphatic hydroxyl groups excluding tert-OH is 3. The van der Waals surface area contributed by atoms with Gasteiger partial charge in [-0.3, -0.25) is 107 Å². The zero-order valence-electron chi connectivity index (χ0n) is 75.2. The van der Waals surface area contributed by atoms with E-state index in [0.717, 1.165) is 25.9 Å². The van der Waals surface area contributed by atoms with Crippen molar-refractivity contribution >= 4 is 59.6 Å². The molecule has 7 rings (SSSR count).